The van der Waals surface area contributed by atoms with Crippen LogP contribution >= 0.6 is 22.6 Å². The fourth-order valence-corrected chi connectivity index (χ4v) is 3.48. The van der Waals surface area contributed by atoms with Crippen LogP contribution in [0.3, 0.4) is 0 Å². The number of nitrogens with zero attached hydrogens (tertiary/aromatic N) is 1. The Labute approximate surface area is 133 Å². The van der Waals surface area contributed by atoms with Crippen LogP contribution in [0.4, 0.5) is 0 Å². The number of hydrogen-bond donors (Lipinski definition) is 2. The van der Waals surface area contributed by atoms with Crippen LogP contribution in [-0.4, -0.2) is 35.1 Å². The summed E-state index contributed by atoms with van der Waals surface area (Å²) in [6.07, 6.45) is 6.06. The first-order chi connectivity index (χ1) is 9.34. The molecule has 0 heterocycles. The fourth-order valence-electron chi connectivity index (χ4n) is 2.46. The zero-order chi connectivity index (χ0) is 15.2. The molecule has 1 atom stereocenters. The minimum atomic E-state index is -3.41. The van der Waals surface area contributed by atoms with E-state index in [1.807, 2.05) is 0 Å². The summed E-state index contributed by atoms with van der Waals surface area (Å²) in [6.45, 7) is 1.49. The standard InChI is InChI=1S/C12H21IN2O4S/c1-9(15-20(18,19)8-13)14-11(12(16)17)7-10-5-3-2-4-6-10/h10-11H,2-8H2,1H3,(H,14,15)(H,16,17). The highest BCUT2D eigenvalue weighted by Crippen LogP contribution is 2.28. The second kappa shape index (κ2) is 8.16. The Morgan fingerprint density at radius 3 is 2.50 bits per heavy atom. The minimum absolute atomic E-state index is 0.0853. The van der Waals surface area contributed by atoms with E-state index in [0.29, 0.717) is 12.3 Å². The number of carbonyl (C=O) groups is 1. The van der Waals surface area contributed by atoms with Crippen LogP contribution in [0, 0.1) is 5.92 Å². The van der Waals surface area contributed by atoms with Gasteiger partial charge in [0.05, 0.1) is 0 Å². The second-order valence-electron chi connectivity index (χ2n) is 5.13. The van der Waals surface area contributed by atoms with Gasteiger partial charge in [-0.2, -0.15) is 0 Å². The third-order valence-corrected chi connectivity index (χ3v) is 6.72. The lowest BCUT2D eigenvalue weighted by Gasteiger charge is -2.23. The average molecular weight is 416 g/mol. The highest BCUT2D eigenvalue weighted by atomic mass is 127. The van der Waals surface area contributed by atoms with Gasteiger partial charge in [-0.15, -0.1) is 0 Å². The van der Waals surface area contributed by atoms with Crippen molar-refractivity contribution < 1.29 is 18.3 Å². The number of sulfonamides is 1. The van der Waals surface area contributed by atoms with Crippen LogP contribution in [0.25, 0.3) is 0 Å². The summed E-state index contributed by atoms with van der Waals surface area (Å²) >= 11 is 1.73. The predicted molar refractivity (Wildman–Crippen MR) is 86.7 cm³/mol. The Morgan fingerprint density at radius 1 is 1.40 bits per heavy atom. The zero-order valence-electron chi connectivity index (χ0n) is 11.5. The maximum absolute atomic E-state index is 11.4. The van der Waals surface area contributed by atoms with E-state index in [1.54, 1.807) is 22.6 Å². The molecule has 0 saturated heterocycles. The monoisotopic (exact) mass is 416 g/mol. The third kappa shape index (κ3) is 6.38. The van der Waals surface area contributed by atoms with E-state index in [4.69, 9.17) is 0 Å². The highest BCUT2D eigenvalue weighted by molar-refractivity contribution is 14.1. The molecule has 0 aliphatic heterocycles. The lowest BCUT2D eigenvalue weighted by molar-refractivity contribution is -0.138. The molecule has 1 aliphatic carbocycles. The molecule has 0 aromatic heterocycles. The molecule has 0 radical (unpaired) electrons. The smallest absolute Gasteiger partial charge is 0.328 e. The Balaban J connectivity index is 2.68. The maximum atomic E-state index is 11.4. The van der Waals surface area contributed by atoms with Crippen LogP contribution in [0.15, 0.2) is 4.99 Å². The maximum Gasteiger partial charge on any atom is 0.328 e. The zero-order valence-corrected chi connectivity index (χ0v) is 14.5. The van der Waals surface area contributed by atoms with E-state index < -0.39 is 22.0 Å². The number of halogens is 1. The second-order valence-corrected chi connectivity index (χ2v) is 8.65. The van der Waals surface area contributed by atoms with Gasteiger partial charge in [0.2, 0.25) is 10.0 Å². The fraction of sp³-hybridized carbons (Fsp3) is 0.833. The molecule has 1 aliphatic rings. The van der Waals surface area contributed by atoms with Gasteiger partial charge in [0.25, 0.3) is 0 Å². The van der Waals surface area contributed by atoms with E-state index in [9.17, 15) is 18.3 Å². The highest BCUT2D eigenvalue weighted by Gasteiger charge is 2.24. The van der Waals surface area contributed by atoms with Crippen molar-refractivity contribution in [2.24, 2.45) is 10.9 Å². The summed E-state index contributed by atoms with van der Waals surface area (Å²) in [4.78, 5) is 15.3. The summed E-state index contributed by atoms with van der Waals surface area (Å²) in [7, 11) is -3.41. The van der Waals surface area contributed by atoms with Crippen LogP contribution in [0.5, 0.6) is 0 Å². The molecule has 1 saturated carbocycles. The van der Waals surface area contributed by atoms with Gasteiger partial charge < -0.3 is 5.11 Å². The molecule has 0 aromatic rings. The number of aliphatic carboxylic acids is 1. The lowest BCUT2D eigenvalue weighted by Crippen LogP contribution is -2.32. The van der Waals surface area contributed by atoms with Crippen molar-refractivity contribution in [1.29, 1.82) is 0 Å². The average Bonchev–Trinajstić information content (AvgIpc) is 2.38. The van der Waals surface area contributed by atoms with Crippen LogP contribution in [-0.2, 0) is 14.8 Å². The van der Waals surface area contributed by atoms with Crippen molar-refractivity contribution >= 4 is 44.4 Å². The molecule has 0 amide bonds. The normalized spacial score (nSPS) is 19.6. The van der Waals surface area contributed by atoms with Gasteiger partial charge in [-0.1, -0.05) is 54.7 Å². The summed E-state index contributed by atoms with van der Waals surface area (Å²) in [6, 6.07) is -0.866. The lowest BCUT2D eigenvalue weighted by atomic mass is 9.85. The van der Waals surface area contributed by atoms with E-state index in [-0.39, 0.29) is 9.60 Å². The number of carboxylic acids is 1. The van der Waals surface area contributed by atoms with E-state index in [2.05, 4.69) is 9.71 Å². The van der Waals surface area contributed by atoms with Crippen molar-refractivity contribution in [3.8, 4) is 0 Å². The molecule has 0 spiro atoms. The molecule has 20 heavy (non-hydrogen) atoms. The Morgan fingerprint density at radius 2 is 2.00 bits per heavy atom. The van der Waals surface area contributed by atoms with Gasteiger partial charge in [0, 0.05) is 0 Å². The molecular weight excluding hydrogens is 395 g/mol. The van der Waals surface area contributed by atoms with Crippen molar-refractivity contribution in [3.63, 3.8) is 0 Å². The van der Waals surface area contributed by atoms with Gasteiger partial charge in [0.1, 0.15) is 15.6 Å². The molecule has 1 unspecified atom stereocenters. The molecule has 1 rings (SSSR count). The molecule has 2 N–H and O–H groups in total. The molecule has 1 fully saturated rings. The van der Waals surface area contributed by atoms with Gasteiger partial charge in [0.15, 0.2) is 0 Å². The Bertz CT molecular complexity index is 458. The SMILES string of the molecule is CC(=NC(CC1CCCCC1)C(=O)O)NS(=O)(=O)CI. The molecule has 0 bridgehead atoms. The van der Waals surface area contributed by atoms with Crippen molar-refractivity contribution in [2.45, 2.75) is 51.5 Å². The molecule has 8 heteroatoms. The van der Waals surface area contributed by atoms with Gasteiger partial charge in [-0.3, -0.25) is 9.71 Å². The summed E-state index contributed by atoms with van der Waals surface area (Å²) in [5.41, 5.74) is 0. The number of aliphatic imine (C=N–C) groups is 1. The van der Waals surface area contributed by atoms with E-state index in [1.165, 1.54) is 13.3 Å². The first-order valence-corrected chi connectivity index (χ1v) is 9.85. The molecular formula is C12H21IN2O4S. The molecule has 116 valence electrons. The largest absolute Gasteiger partial charge is 0.480 e. The first kappa shape index (κ1) is 17.7. The quantitative estimate of drug-likeness (QED) is 0.300. The van der Waals surface area contributed by atoms with Gasteiger partial charge in [-0.25, -0.2) is 13.2 Å². The van der Waals surface area contributed by atoms with Crippen LogP contribution < -0.4 is 4.72 Å². The Kier molecular flexibility index (Phi) is 7.21. The number of carboxylic acid groups (broad SMARTS) is 1. The number of hydrogen-bond acceptors (Lipinski definition) is 4. The molecule has 6 nitrogen and oxygen atoms in total. The van der Waals surface area contributed by atoms with E-state index >= 15 is 0 Å². The number of alkyl halides is 1. The van der Waals surface area contributed by atoms with E-state index in [0.717, 1.165) is 25.7 Å². The predicted octanol–water partition coefficient (Wildman–Crippen LogP) is 2.14. The number of rotatable bonds is 6. The van der Waals surface area contributed by atoms with Gasteiger partial charge >= 0.3 is 5.97 Å². The van der Waals surface area contributed by atoms with Gasteiger partial charge in [-0.05, 0) is 19.3 Å². The minimum Gasteiger partial charge on any atom is -0.480 e. The summed E-state index contributed by atoms with van der Waals surface area (Å²) in [5, 5.41) is 9.22. The number of amidine groups is 1. The van der Waals surface area contributed by atoms with Crippen LogP contribution in [0.1, 0.15) is 45.4 Å². The van der Waals surface area contributed by atoms with Crippen molar-refractivity contribution in [1.82, 2.24) is 4.72 Å². The summed E-state index contributed by atoms with van der Waals surface area (Å²) < 4.78 is 25.0. The summed E-state index contributed by atoms with van der Waals surface area (Å²) in [5.74, 6) is -0.476. The third-order valence-electron chi connectivity index (χ3n) is 3.36. The van der Waals surface area contributed by atoms with Crippen molar-refractivity contribution in [3.05, 3.63) is 0 Å². The topological polar surface area (TPSA) is 95.8 Å². The first-order valence-electron chi connectivity index (χ1n) is 6.67. The number of nitrogens with one attached hydrogen (secondary N) is 1. The van der Waals surface area contributed by atoms with Crippen molar-refractivity contribution in [2.75, 3.05) is 3.76 Å². The van der Waals surface area contributed by atoms with Crippen LogP contribution in [0.2, 0.25) is 0 Å². The molecule has 0 aromatic carbocycles. The Hall–Kier alpha value is -0.380.